The van der Waals surface area contributed by atoms with E-state index in [9.17, 15) is 9.59 Å². The van der Waals surface area contributed by atoms with Crippen LogP contribution in [0.1, 0.15) is 96.5 Å². The van der Waals surface area contributed by atoms with Crippen molar-refractivity contribution in [2.75, 3.05) is 26.2 Å². The SMILES string of the molecule is C[C@]12CCC(=O)C=C1CC(SCc1ccc(OCCN3CCCCC3)cc1)C1C2CC[C@@]2(C)C1CC[C@@]21CCC(=O)O1. The smallest absolute Gasteiger partial charge is 0.306 e. The Bertz CT molecular complexity index is 1220. The summed E-state index contributed by atoms with van der Waals surface area (Å²) >= 11 is 2.11. The summed E-state index contributed by atoms with van der Waals surface area (Å²) in [6, 6.07) is 8.76. The molecule has 5 fully saturated rings. The summed E-state index contributed by atoms with van der Waals surface area (Å²) in [5.74, 6) is 4.04. The van der Waals surface area contributed by atoms with Gasteiger partial charge in [0, 0.05) is 35.8 Å². The molecule has 2 aliphatic heterocycles. The summed E-state index contributed by atoms with van der Waals surface area (Å²) in [5.41, 5.74) is 2.70. The van der Waals surface area contributed by atoms with Gasteiger partial charge in [-0.05, 0) is 118 Å². The summed E-state index contributed by atoms with van der Waals surface area (Å²) in [4.78, 5) is 27.5. The van der Waals surface area contributed by atoms with Gasteiger partial charge in [-0.1, -0.05) is 38.0 Å². The molecule has 0 bridgehead atoms. The van der Waals surface area contributed by atoms with Gasteiger partial charge in [0.25, 0.3) is 0 Å². The van der Waals surface area contributed by atoms with Crippen molar-refractivity contribution in [2.45, 2.75) is 108 Å². The monoisotopic (exact) mass is 591 g/mol. The lowest BCUT2D eigenvalue weighted by Gasteiger charge is -2.61. The highest BCUT2D eigenvalue weighted by Gasteiger charge is 2.68. The molecule has 1 spiro atoms. The van der Waals surface area contributed by atoms with E-state index in [0.717, 1.165) is 56.8 Å². The molecule has 7 atom stereocenters. The highest BCUT2D eigenvalue weighted by atomic mass is 32.2. The molecule has 4 unspecified atom stereocenters. The van der Waals surface area contributed by atoms with Crippen LogP contribution in [0.15, 0.2) is 35.9 Å². The molecule has 3 saturated carbocycles. The van der Waals surface area contributed by atoms with Gasteiger partial charge in [0.1, 0.15) is 18.0 Å². The Morgan fingerprint density at radius 3 is 2.50 bits per heavy atom. The summed E-state index contributed by atoms with van der Waals surface area (Å²) in [5, 5.41) is 0.484. The minimum Gasteiger partial charge on any atom is -0.492 e. The molecule has 0 aromatic heterocycles. The number of hydrogen-bond donors (Lipinski definition) is 0. The molecule has 2 saturated heterocycles. The van der Waals surface area contributed by atoms with E-state index < -0.39 is 0 Å². The van der Waals surface area contributed by atoms with Crippen LogP contribution in [-0.2, 0) is 20.1 Å². The average Bonchev–Trinajstić information content (AvgIpc) is 3.52. The molecule has 228 valence electrons. The molecule has 2 heterocycles. The molecule has 0 amide bonds. The number of thioether (sulfide) groups is 1. The first-order chi connectivity index (χ1) is 20.3. The van der Waals surface area contributed by atoms with Gasteiger partial charge in [0.05, 0.1) is 0 Å². The number of rotatable bonds is 7. The maximum absolute atomic E-state index is 12.6. The molecule has 4 aliphatic carbocycles. The first-order valence-electron chi connectivity index (χ1n) is 16.8. The Morgan fingerprint density at radius 1 is 0.952 bits per heavy atom. The molecule has 1 aromatic rings. The third kappa shape index (κ3) is 4.97. The quantitative estimate of drug-likeness (QED) is 0.309. The number of esters is 1. The summed E-state index contributed by atoms with van der Waals surface area (Å²) in [7, 11) is 0. The van der Waals surface area contributed by atoms with Crippen LogP contribution in [0.2, 0.25) is 0 Å². The highest BCUT2D eigenvalue weighted by Crippen LogP contribution is 2.70. The van der Waals surface area contributed by atoms with E-state index in [-0.39, 0.29) is 22.4 Å². The number of nitrogens with zero attached hydrogens (tertiary/aromatic N) is 1. The van der Waals surface area contributed by atoms with E-state index in [0.29, 0.717) is 41.6 Å². The molecule has 0 N–H and O–H groups in total. The largest absolute Gasteiger partial charge is 0.492 e. The fraction of sp³-hybridized carbons (Fsp3) is 0.722. The molecule has 6 aliphatic rings. The van der Waals surface area contributed by atoms with Gasteiger partial charge in [-0.25, -0.2) is 0 Å². The van der Waals surface area contributed by atoms with Crippen molar-refractivity contribution in [3.63, 3.8) is 0 Å². The fourth-order valence-corrected chi connectivity index (χ4v) is 11.8. The normalized spacial score (nSPS) is 39.8. The molecular weight excluding hydrogens is 542 g/mol. The van der Waals surface area contributed by atoms with Crippen molar-refractivity contribution in [1.82, 2.24) is 4.90 Å². The van der Waals surface area contributed by atoms with E-state index >= 15 is 0 Å². The first-order valence-corrected chi connectivity index (χ1v) is 17.9. The van der Waals surface area contributed by atoms with Gasteiger partial charge in [0.2, 0.25) is 0 Å². The van der Waals surface area contributed by atoms with Gasteiger partial charge in [-0.2, -0.15) is 11.8 Å². The van der Waals surface area contributed by atoms with E-state index in [4.69, 9.17) is 9.47 Å². The standard InChI is InChI=1S/C36H49NO4S/c1-34-14-10-27(38)22-26(34)23-31(33-29(34)11-15-35(2)30(33)12-16-36(35)17-13-32(39)41-36)42-24-25-6-8-28(9-7-25)40-21-20-37-18-4-3-5-19-37/h6-9,22,29-31,33H,3-5,10-21,23-24H2,1-2H3/t29?,30?,31?,33?,34-,35-,36+/m0/s1. The number of piperidine rings is 1. The summed E-state index contributed by atoms with van der Waals surface area (Å²) in [6.07, 6.45) is 14.7. The van der Waals surface area contributed by atoms with Crippen LogP contribution < -0.4 is 4.74 Å². The number of fused-ring (bicyclic) bond motifs is 6. The lowest BCUT2D eigenvalue weighted by Crippen LogP contribution is -2.57. The fourth-order valence-electron chi connectivity index (χ4n) is 10.3. The molecule has 5 nitrogen and oxygen atoms in total. The molecular formula is C36H49NO4S. The first kappa shape index (κ1) is 29.0. The van der Waals surface area contributed by atoms with Crippen molar-refractivity contribution >= 4 is 23.5 Å². The van der Waals surface area contributed by atoms with Crippen LogP contribution in [0.3, 0.4) is 0 Å². The van der Waals surface area contributed by atoms with Gasteiger partial charge in [-0.3, -0.25) is 14.5 Å². The van der Waals surface area contributed by atoms with Crippen molar-refractivity contribution in [2.24, 2.45) is 28.6 Å². The summed E-state index contributed by atoms with van der Waals surface area (Å²) < 4.78 is 12.3. The van der Waals surface area contributed by atoms with Crippen molar-refractivity contribution in [3.05, 3.63) is 41.5 Å². The third-order valence-electron chi connectivity index (χ3n) is 12.8. The molecule has 0 radical (unpaired) electrons. The van der Waals surface area contributed by atoms with Crippen LogP contribution in [0.25, 0.3) is 0 Å². The lowest BCUT2D eigenvalue weighted by molar-refractivity contribution is -0.167. The zero-order chi connectivity index (χ0) is 29.0. The highest BCUT2D eigenvalue weighted by molar-refractivity contribution is 7.99. The van der Waals surface area contributed by atoms with Crippen LogP contribution in [-0.4, -0.2) is 53.7 Å². The van der Waals surface area contributed by atoms with E-state index in [1.54, 1.807) is 0 Å². The predicted molar refractivity (Wildman–Crippen MR) is 167 cm³/mol. The minimum atomic E-state index is -0.252. The number of allylic oxidation sites excluding steroid dienone is 1. The predicted octanol–water partition coefficient (Wildman–Crippen LogP) is 7.37. The second-order valence-corrected chi connectivity index (χ2v) is 16.0. The van der Waals surface area contributed by atoms with Gasteiger partial charge in [0.15, 0.2) is 5.78 Å². The summed E-state index contributed by atoms with van der Waals surface area (Å²) in [6.45, 7) is 9.11. The van der Waals surface area contributed by atoms with Crippen LogP contribution >= 0.6 is 11.8 Å². The second-order valence-electron chi connectivity index (χ2n) is 14.8. The van der Waals surface area contributed by atoms with Crippen LogP contribution in [0, 0.1) is 28.6 Å². The lowest BCUT2D eigenvalue weighted by atomic mass is 9.46. The maximum Gasteiger partial charge on any atom is 0.306 e. The molecule has 7 rings (SSSR count). The third-order valence-corrected chi connectivity index (χ3v) is 14.2. The zero-order valence-corrected chi connectivity index (χ0v) is 26.5. The average molecular weight is 592 g/mol. The second kappa shape index (κ2) is 11.3. The molecule has 1 aromatic carbocycles. The van der Waals surface area contributed by atoms with Gasteiger partial charge < -0.3 is 9.47 Å². The van der Waals surface area contributed by atoms with Crippen LogP contribution in [0.4, 0.5) is 0 Å². The Morgan fingerprint density at radius 2 is 1.74 bits per heavy atom. The Balaban J connectivity index is 1.07. The minimum absolute atomic E-state index is 0.00969. The molecule has 42 heavy (non-hydrogen) atoms. The zero-order valence-electron chi connectivity index (χ0n) is 25.7. The van der Waals surface area contributed by atoms with Crippen molar-refractivity contribution in [1.29, 1.82) is 0 Å². The Hall–Kier alpha value is -1.79. The van der Waals surface area contributed by atoms with Crippen LogP contribution in [0.5, 0.6) is 5.75 Å². The number of ketones is 1. The topological polar surface area (TPSA) is 55.8 Å². The Kier molecular flexibility index (Phi) is 7.78. The number of likely N-dealkylation sites (tertiary alicyclic amines) is 1. The van der Waals surface area contributed by atoms with Gasteiger partial charge >= 0.3 is 5.97 Å². The van der Waals surface area contributed by atoms with Gasteiger partial charge in [-0.15, -0.1) is 0 Å². The number of hydrogen-bond acceptors (Lipinski definition) is 6. The van der Waals surface area contributed by atoms with E-state index in [1.165, 1.54) is 56.3 Å². The number of carbonyl (C=O) groups is 2. The number of ether oxygens (including phenoxy) is 2. The Labute approximate surface area is 256 Å². The van der Waals surface area contributed by atoms with Crippen molar-refractivity contribution < 1.29 is 19.1 Å². The van der Waals surface area contributed by atoms with E-state index in [1.807, 2.05) is 6.08 Å². The number of benzene rings is 1. The van der Waals surface area contributed by atoms with Crippen molar-refractivity contribution in [3.8, 4) is 5.75 Å². The number of carbonyl (C=O) groups excluding carboxylic acids is 2. The molecule has 6 heteroatoms. The van der Waals surface area contributed by atoms with E-state index in [2.05, 4.69) is 54.8 Å². The maximum atomic E-state index is 12.6.